The summed E-state index contributed by atoms with van der Waals surface area (Å²) in [6.45, 7) is 3.66. The molecule has 4 nitrogen and oxygen atoms in total. The molecule has 1 saturated heterocycles. The first-order valence-electron chi connectivity index (χ1n) is 10.8. The highest BCUT2D eigenvalue weighted by atomic mass is 32.2. The highest BCUT2D eigenvalue weighted by molar-refractivity contribution is 8.26. The van der Waals surface area contributed by atoms with Crippen LogP contribution >= 0.6 is 24.0 Å². The lowest BCUT2D eigenvalue weighted by molar-refractivity contribution is -0.122. The van der Waals surface area contributed by atoms with Gasteiger partial charge in [0.05, 0.1) is 24.7 Å². The molecule has 0 bridgehead atoms. The minimum Gasteiger partial charge on any atom is -0.493 e. The molecule has 0 aliphatic carbocycles. The third-order valence-corrected chi connectivity index (χ3v) is 6.50. The molecule has 1 heterocycles. The lowest BCUT2D eigenvalue weighted by Crippen LogP contribution is -2.27. The number of para-hydroxylation sites is 1. The fraction of sp³-hybridized carbons (Fsp3) is 0.185. The van der Waals surface area contributed by atoms with E-state index in [2.05, 4.69) is 0 Å². The normalized spacial score (nSPS) is 14.7. The molecule has 33 heavy (non-hydrogen) atoms. The van der Waals surface area contributed by atoms with Gasteiger partial charge < -0.3 is 9.47 Å². The number of thiocarbonyl (C=S) groups is 1. The summed E-state index contributed by atoms with van der Waals surface area (Å²) >= 11 is 6.79. The SMILES string of the molecule is Cc1ccccc1OCCCOc1cccc(C=C2SC(=S)N(Cc3ccccc3)C2=O)c1. The molecule has 0 spiro atoms. The van der Waals surface area contributed by atoms with Gasteiger partial charge in [-0.05, 0) is 47.9 Å². The summed E-state index contributed by atoms with van der Waals surface area (Å²) < 4.78 is 12.3. The Morgan fingerprint density at radius 2 is 1.70 bits per heavy atom. The zero-order valence-corrected chi connectivity index (χ0v) is 20.0. The van der Waals surface area contributed by atoms with E-state index in [1.165, 1.54) is 11.8 Å². The quantitative estimate of drug-likeness (QED) is 0.208. The Kier molecular flexibility index (Phi) is 7.81. The second-order valence-corrected chi connectivity index (χ2v) is 9.32. The number of carbonyl (C=O) groups is 1. The first-order chi connectivity index (χ1) is 16.1. The Balaban J connectivity index is 1.31. The number of hydrogen-bond donors (Lipinski definition) is 0. The maximum absolute atomic E-state index is 12.9. The van der Waals surface area contributed by atoms with Crippen LogP contribution in [0.4, 0.5) is 0 Å². The second kappa shape index (κ2) is 11.2. The molecular formula is C27H25NO3S2. The maximum Gasteiger partial charge on any atom is 0.266 e. The maximum atomic E-state index is 12.9. The van der Waals surface area contributed by atoms with E-state index < -0.39 is 0 Å². The van der Waals surface area contributed by atoms with Gasteiger partial charge in [-0.2, -0.15) is 0 Å². The van der Waals surface area contributed by atoms with E-state index in [1.54, 1.807) is 4.90 Å². The van der Waals surface area contributed by atoms with E-state index >= 15 is 0 Å². The van der Waals surface area contributed by atoms with E-state index in [0.717, 1.165) is 34.6 Å². The average Bonchev–Trinajstić information content (AvgIpc) is 3.08. The molecule has 1 fully saturated rings. The fourth-order valence-electron chi connectivity index (χ4n) is 3.40. The Hall–Kier alpha value is -3.09. The lowest BCUT2D eigenvalue weighted by Gasteiger charge is -2.14. The van der Waals surface area contributed by atoms with Gasteiger partial charge in [0.2, 0.25) is 0 Å². The molecule has 4 rings (SSSR count). The van der Waals surface area contributed by atoms with Crippen LogP contribution in [0.1, 0.15) is 23.1 Å². The van der Waals surface area contributed by atoms with Gasteiger partial charge in [0.1, 0.15) is 15.8 Å². The molecule has 1 aliphatic rings. The number of hydrogen-bond acceptors (Lipinski definition) is 5. The van der Waals surface area contributed by atoms with Crippen LogP contribution in [-0.4, -0.2) is 28.3 Å². The molecule has 0 aromatic heterocycles. The van der Waals surface area contributed by atoms with E-state index in [-0.39, 0.29) is 5.91 Å². The van der Waals surface area contributed by atoms with Gasteiger partial charge in [-0.1, -0.05) is 84.6 Å². The van der Waals surface area contributed by atoms with Crippen molar-refractivity contribution in [2.24, 2.45) is 0 Å². The summed E-state index contributed by atoms with van der Waals surface area (Å²) in [5.41, 5.74) is 3.08. The van der Waals surface area contributed by atoms with Gasteiger partial charge in [-0.15, -0.1) is 0 Å². The molecule has 6 heteroatoms. The first-order valence-corrected chi connectivity index (χ1v) is 12.0. The van der Waals surface area contributed by atoms with E-state index in [1.807, 2.05) is 91.9 Å². The van der Waals surface area contributed by atoms with Crippen molar-refractivity contribution in [1.29, 1.82) is 0 Å². The first kappa shape index (κ1) is 23.1. The summed E-state index contributed by atoms with van der Waals surface area (Å²) in [5, 5.41) is 0. The molecular weight excluding hydrogens is 450 g/mol. The molecule has 3 aromatic rings. The highest BCUT2D eigenvalue weighted by Gasteiger charge is 2.31. The topological polar surface area (TPSA) is 38.8 Å². The van der Waals surface area contributed by atoms with Crippen LogP contribution in [0.2, 0.25) is 0 Å². The third-order valence-electron chi connectivity index (χ3n) is 5.12. The summed E-state index contributed by atoms with van der Waals surface area (Å²) in [7, 11) is 0. The monoisotopic (exact) mass is 475 g/mol. The van der Waals surface area contributed by atoms with Crippen molar-refractivity contribution in [3.8, 4) is 11.5 Å². The third kappa shape index (κ3) is 6.24. The highest BCUT2D eigenvalue weighted by Crippen LogP contribution is 2.34. The standard InChI is InChI=1S/C27H25NO3S2/c1-20-9-5-6-14-24(20)31-16-8-15-30-23-13-7-12-22(17-23)18-25-26(29)28(27(32)33-25)19-21-10-3-2-4-11-21/h2-7,9-14,17-18H,8,15-16,19H2,1H3. The number of thioether (sulfide) groups is 1. The van der Waals surface area contributed by atoms with E-state index in [9.17, 15) is 4.79 Å². The predicted octanol–water partition coefficient (Wildman–Crippen LogP) is 6.24. The van der Waals surface area contributed by atoms with E-state index in [4.69, 9.17) is 21.7 Å². The van der Waals surface area contributed by atoms with Gasteiger partial charge in [-0.25, -0.2) is 0 Å². The molecule has 0 atom stereocenters. The van der Waals surface area contributed by atoms with Crippen molar-refractivity contribution in [2.45, 2.75) is 19.9 Å². The molecule has 1 aliphatic heterocycles. The number of ether oxygens (including phenoxy) is 2. The van der Waals surface area contributed by atoms with Crippen molar-refractivity contribution in [2.75, 3.05) is 13.2 Å². The Morgan fingerprint density at radius 1 is 0.939 bits per heavy atom. The van der Waals surface area contributed by atoms with Crippen LogP contribution in [0.3, 0.4) is 0 Å². The average molecular weight is 476 g/mol. The number of rotatable bonds is 9. The van der Waals surface area contributed by atoms with Crippen LogP contribution in [-0.2, 0) is 11.3 Å². The Morgan fingerprint density at radius 3 is 2.52 bits per heavy atom. The Labute approximate surface area is 204 Å². The fourth-order valence-corrected chi connectivity index (χ4v) is 4.65. The zero-order valence-electron chi connectivity index (χ0n) is 18.4. The van der Waals surface area contributed by atoms with Crippen LogP contribution in [0.15, 0.2) is 83.8 Å². The molecule has 0 unspecified atom stereocenters. The largest absolute Gasteiger partial charge is 0.493 e. The number of aryl methyl sites for hydroxylation is 1. The van der Waals surface area contributed by atoms with Crippen molar-refractivity contribution in [3.63, 3.8) is 0 Å². The molecule has 0 saturated carbocycles. The van der Waals surface area contributed by atoms with Crippen molar-refractivity contribution in [1.82, 2.24) is 4.90 Å². The van der Waals surface area contributed by atoms with Crippen molar-refractivity contribution >= 4 is 40.3 Å². The summed E-state index contributed by atoms with van der Waals surface area (Å²) in [5.74, 6) is 1.61. The summed E-state index contributed by atoms with van der Waals surface area (Å²) in [6.07, 6.45) is 2.65. The van der Waals surface area contributed by atoms with Crippen LogP contribution in [0.25, 0.3) is 6.08 Å². The molecule has 0 N–H and O–H groups in total. The minimum atomic E-state index is -0.0615. The predicted molar refractivity (Wildman–Crippen MR) is 138 cm³/mol. The Bertz CT molecular complexity index is 1160. The van der Waals surface area contributed by atoms with Crippen LogP contribution in [0.5, 0.6) is 11.5 Å². The molecule has 168 valence electrons. The number of nitrogens with zero attached hydrogens (tertiary/aromatic N) is 1. The molecule has 3 aromatic carbocycles. The van der Waals surface area contributed by atoms with Crippen LogP contribution < -0.4 is 9.47 Å². The molecule has 1 amide bonds. The number of amides is 1. The van der Waals surface area contributed by atoms with E-state index in [0.29, 0.717) is 29.0 Å². The van der Waals surface area contributed by atoms with Gasteiger partial charge >= 0.3 is 0 Å². The zero-order chi connectivity index (χ0) is 23.0. The van der Waals surface area contributed by atoms with Gasteiger partial charge in [0, 0.05) is 6.42 Å². The summed E-state index contributed by atoms with van der Waals surface area (Å²) in [6, 6.07) is 25.6. The van der Waals surface area contributed by atoms with Crippen molar-refractivity contribution < 1.29 is 14.3 Å². The minimum absolute atomic E-state index is 0.0615. The van der Waals surface area contributed by atoms with Gasteiger partial charge in [-0.3, -0.25) is 9.69 Å². The lowest BCUT2D eigenvalue weighted by atomic mass is 10.2. The van der Waals surface area contributed by atoms with Gasteiger partial charge in [0.15, 0.2) is 0 Å². The second-order valence-electron chi connectivity index (χ2n) is 7.64. The number of carbonyl (C=O) groups excluding carboxylic acids is 1. The summed E-state index contributed by atoms with van der Waals surface area (Å²) in [4.78, 5) is 15.2. The van der Waals surface area contributed by atoms with Gasteiger partial charge in [0.25, 0.3) is 5.91 Å². The molecule has 0 radical (unpaired) electrons. The number of benzene rings is 3. The van der Waals surface area contributed by atoms with Crippen LogP contribution in [0, 0.1) is 6.92 Å². The smallest absolute Gasteiger partial charge is 0.266 e. The van der Waals surface area contributed by atoms with Crippen molar-refractivity contribution in [3.05, 3.63) is 100 Å².